The molecule has 3 heterocycles. The second-order valence-electron chi connectivity index (χ2n) is 7.62. The van der Waals surface area contributed by atoms with Crippen LogP contribution in [0.15, 0.2) is 56.1 Å². The summed E-state index contributed by atoms with van der Waals surface area (Å²) < 4.78 is 11.7. The lowest BCUT2D eigenvalue weighted by Crippen LogP contribution is -2.29. The van der Waals surface area contributed by atoms with Gasteiger partial charge in [-0.1, -0.05) is 39.4 Å². The van der Waals surface area contributed by atoms with Crippen LogP contribution in [0.5, 0.6) is 5.75 Å². The van der Waals surface area contributed by atoms with Gasteiger partial charge in [-0.3, -0.25) is 14.5 Å². The lowest BCUT2D eigenvalue weighted by atomic mass is 9.98. The van der Waals surface area contributed by atoms with E-state index in [-0.39, 0.29) is 44.7 Å². The van der Waals surface area contributed by atoms with Crippen molar-refractivity contribution in [1.29, 1.82) is 0 Å². The van der Waals surface area contributed by atoms with Gasteiger partial charge in [-0.05, 0) is 49.7 Å². The Morgan fingerprint density at radius 2 is 2.06 bits per heavy atom. The summed E-state index contributed by atoms with van der Waals surface area (Å²) in [7, 11) is 0. The Morgan fingerprint density at radius 1 is 1.26 bits per heavy atom. The van der Waals surface area contributed by atoms with E-state index in [9.17, 15) is 19.5 Å². The number of hydrogen-bond acceptors (Lipinski definition) is 8. The first-order chi connectivity index (χ1) is 16.3. The number of thiazole rings is 1. The van der Waals surface area contributed by atoms with Crippen molar-refractivity contribution < 1.29 is 23.8 Å². The Balaban J connectivity index is 1.76. The predicted octanol–water partition coefficient (Wildman–Crippen LogP) is 4.95. The smallest absolute Gasteiger partial charge is 0.350 e. The zero-order valence-electron chi connectivity index (χ0n) is 18.0. The Hall–Kier alpha value is -3.50. The van der Waals surface area contributed by atoms with Crippen molar-refractivity contribution in [3.05, 3.63) is 84.6 Å². The monoisotopic (exact) mass is 540 g/mol. The molecule has 4 aromatic rings. The predicted molar refractivity (Wildman–Crippen MR) is 130 cm³/mol. The van der Waals surface area contributed by atoms with Crippen LogP contribution in [-0.4, -0.2) is 28.6 Å². The fourth-order valence-corrected chi connectivity index (χ4v) is 5.37. The highest BCUT2D eigenvalue weighted by Gasteiger charge is 2.45. The van der Waals surface area contributed by atoms with E-state index < -0.39 is 17.9 Å². The van der Waals surface area contributed by atoms with E-state index in [0.29, 0.717) is 21.1 Å². The van der Waals surface area contributed by atoms with Crippen molar-refractivity contribution in [1.82, 2.24) is 4.98 Å². The highest BCUT2D eigenvalue weighted by molar-refractivity contribution is 9.10. The van der Waals surface area contributed by atoms with Crippen molar-refractivity contribution in [3.63, 3.8) is 0 Å². The molecule has 2 aromatic heterocycles. The minimum absolute atomic E-state index is 0.0196. The van der Waals surface area contributed by atoms with E-state index in [1.54, 1.807) is 44.2 Å². The Labute approximate surface area is 205 Å². The molecular weight excluding hydrogens is 524 g/mol. The van der Waals surface area contributed by atoms with E-state index in [4.69, 9.17) is 9.15 Å². The number of benzene rings is 2. The summed E-state index contributed by atoms with van der Waals surface area (Å²) in [6.45, 7) is 3.55. The molecule has 0 fully saturated rings. The van der Waals surface area contributed by atoms with Gasteiger partial charge in [0, 0.05) is 4.47 Å². The molecule has 0 bridgehead atoms. The van der Waals surface area contributed by atoms with Crippen molar-refractivity contribution in [2.24, 2.45) is 0 Å². The van der Waals surface area contributed by atoms with Crippen molar-refractivity contribution >= 4 is 55.2 Å². The van der Waals surface area contributed by atoms with E-state index in [0.717, 1.165) is 11.3 Å². The number of aryl methyl sites for hydroxylation is 1. The van der Waals surface area contributed by atoms with Crippen LogP contribution in [0.2, 0.25) is 0 Å². The van der Waals surface area contributed by atoms with Crippen LogP contribution < -0.4 is 10.3 Å². The summed E-state index contributed by atoms with van der Waals surface area (Å²) in [5.41, 5.74) is 0.969. The first-order valence-electron chi connectivity index (χ1n) is 10.3. The van der Waals surface area contributed by atoms with Crippen molar-refractivity contribution in [2.75, 3.05) is 11.5 Å². The normalized spacial score (nSPS) is 15.1. The molecule has 2 aromatic carbocycles. The average Bonchev–Trinajstić information content (AvgIpc) is 3.32. The summed E-state index contributed by atoms with van der Waals surface area (Å²) in [4.78, 5) is 45.7. The summed E-state index contributed by atoms with van der Waals surface area (Å²) in [6.07, 6.45) is 0. The number of carbonyl (C=O) groups excluding carboxylic acids is 2. The van der Waals surface area contributed by atoms with Gasteiger partial charge in [0.25, 0.3) is 5.91 Å². The molecule has 8 nitrogen and oxygen atoms in total. The summed E-state index contributed by atoms with van der Waals surface area (Å²) in [6, 6.07) is 10.4. The maximum Gasteiger partial charge on any atom is 0.350 e. The molecule has 0 saturated heterocycles. The Bertz CT molecular complexity index is 1540. The van der Waals surface area contributed by atoms with E-state index in [1.165, 1.54) is 17.0 Å². The van der Waals surface area contributed by atoms with Crippen molar-refractivity contribution in [2.45, 2.75) is 19.9 Å². The number of nitrogens with zero attached hydrogens (tertiary/aromatic N) is 2. The number of phenols is 1. The van der Waals surface area contributed by atoms with Crippen LogP contribution >= 0.6 is 27.3 Å². The van der Waals surface area contributed by atoms with Gasteiger partial charge in [0.2, 0.25) is 5.76 Å². The third-order valence-corrected chi connectivity index (χ3v) is 7.10. The molecule has 1 aliphatic rings. The largest absolute Gasteiger partial charge is 0.508 e. The third-order valence-electron chi connectivity index (χ3n) is 5.47. The number of amides is 1. The van der Waals surface area contributed by atoms with Crippen LogP contribution in [0, 0.1) is 6.92 Å². The number of aromatic nitrogens is 1. The molecule has 0 radical (unpaired) electrons. The quantitative estimate of drug-likeness (QED) is 0.364. The van der Waals surface area contributed by atoms with Gasteiger partial charge >= 0.3 is 5.97 Å². The highest BCUT2D eigenvalue weighted by Crippen LogP contribution is 2.43. The van der Waals surface area contributed by atoms with Gasteiger partial charge in [-0.25, -0.2) is 9.78 Å². The van der Waals surface area contributed by atoms with Crippen molar-refractivity contribution in [3.8, 4) is 5.75 Å². The lowest BCUT2D eigenvalue weighted by molar-refractivity contribution is 0.0531. The third kappa shape index (κ3) is 3.50. The van der Waals surface area contributed by atoms with Gasteiger partial charge < -0.3 is 14.3 Å². The fraction of sp³-hybridized carbons (Fsp3) is 0.167. The molecule has 0 aliphatic carbocycles. The minimum atomic E-state index is -0.908. The maximum absolute atomic E-state index is 13.6. The molecule has 1 aliphatic heterocycles. The Morgan fingerprint density at radius 3 is 2.79 bits per heavy atom. The molecule has 5 rings (SSSR count). The van der Waals surface area contributed by atoms with E-state index >= 15 is 0 Å². The Kier molecular flexibility index (Phi) is 5.49. The number of carbonyl (C=O) groups is 2. The molecule has 1 amide bonds. The zero-order valence-corrected chi connectivity index (χ0v) is 20.4. The van der Waals surface area contributed by atoms with Crippen LogP contribution in [0.3, 0.4) is 0 Å². The van der Waals surface area contributed by atoms with Crippen LogP contribution in [0.4, 0.5) is 5.13 Å². The number of aromatic hydroxyl groups is 1. The molecule has 1 unspecified atom stereocenters. The minimum Gasteiger partial charge on any atom is -0.508 e. The average molecular weight is 541 g/mol. The number of anilines is 1. The summed E-state index contributed by atoms with van der Waals surface area (Å²) in [5.74, 6) is -1.21. The molecule has 0 saturated carbocycles. The van der Waals surface area contributed by atoms with Crippen LogP contribution in [0.25, 0.3) is 11.0 Å². The topological polar surface area (TPSA) is 110 Å². The molecule has 1 atom stereocenters. The van der Waals surface area contributed by atoms with E-state index in [1.807, 2.05) is 0 Å². The van der Waals surface area contributed by atoms with Gasteiger partial charge in [-0.2, -0.15) is 0 Å². The van der Waals surface area contributed by atoms with Crippen LogP contribution in [-0.2, 0) is 4.74 Å². The first-order valence-corrected chi connectivity index (χ1v) is 11.9. The van der Waals surface area contributed by atoms with Gasteiger partial charge in [0.05, 0.1) is 29.3 Å². The number of ether oxygens (including phenoxy) is 1. The molecule has 0 spiro atoms. The summed E-state index contributed by atoms with van der Waals surface area (Å²) >= 11 is 4.37. The number of hydrogen-bond donors (Lipinski definition) is 1. The lowest BCUT2D eigenvalue weighted by Gasteiger charge is -2.22. The second kappa shape index (κ2) is 8.37. The highest BCUT2D eigenvalue weighted by atomic mass is 79.9. The number of phenolic OH excluding ortho intramolecular Hbond substituents is 1. The van der Waals surface area contributed by atoms with Crippen LogP contribution in [0.1, 0.15) is 50.0 Å². The standard InChI is InChI=1S/C24H17BrN2O6S/c1-3-32-23(31)21-11(2)26-24(34-21)27-18(12-5-4-6-14(28)9-12)17-19(29)15-10-13(25)7-8-16(15)33-20(17)22(27)30/h4-10,18,28H,3H2,1-2H3. The van der Waals surface area contributed by atoms with Gasteiger partial charge in [0.15, 0.2) is 10.6 Å². The first kappa shape index (κ1) is 22.3. The molecule has 172 valence electrons. The molecule has 10 heteroatoms. The van der Waals surface area contributed by atoms with Gasteiger partial charge in [-0.15, -0.1) is 0 Å². The van der Waals surface area contributed by atoms with Gasteiger partial charge in [0.1, 0.15) is 16.2 Å². The maximum atomic E-state index is 13.6. The molecule has 34 heavy (non-hydrogen) atoms. The SMILES string of the molecule is CCOC(=O)c1sc(N2C(=O)c3oc4ccc(Br)cc4c(=O)c3C2c2cccc(O)c2)nc1C. The molecule has 1 N–H and O–H groups in total. The number of esters is 1. The molecular formula is C24H17BrN2O6S. The fourth-order valence-electron chi connectivity index (χ4n) is 4.02. The second-order valence-corrected chi connectivity index (χ2v) is 9.51. The number of fused-ring (bicyclic) bond motifs is 2. The number of rotatable bonds is 4. The zero-order chi connectivity index (χ0) is 24.1. The summed E-state index contributed by atoms with van der Waals surface area (Å²) in [5, 5.41) is 10.6. The van der Waals surface area contributed by atoms with E-state index in [2.05, 4.69) is 20.9 Å². The number of halogens is 1.